The van der Waals surface area contributed by atoms with Crippen LogP contribution in [-0.4, -0.2) is 43.9 Å². The van der Waals surface area contributed by atoms with E-state index in [9.17, 15) is 9.59 Å². The van der Waals surface area contributed by atoms with Crippen molar-refractivity contribution in [3.63, 3.8) is 0 Å². The number of hydrogen-bond acceptors (Lipinski definition) is 7. The van der Waals surface area contributed by atoms with E-state index in [1.165, 1.54) is 0 Å². The van der Waals surface area contributed by atoms with Crippen molar-refractivity contribution in [1.29, 1.82) is 0 Å². The molecule has 0 saturated heterocycles. The van der Waals surface area contributed by atoms with E-state index in [0.29, 0.717) is 51.4 Å². The molecule has 37 heavy (non-hydrogen) atoms. The number of nitrogens with zero attached hydrogens (tertiary/aromatic N) is 1. The van der Waals surface area contributed by atoms with Gasteiger partial charge in [0.15, 0.2) is 18.1 Å². The third-order valence-corrected chi connectivity index (χ3v) is 7.18. The summed E-state index contributed by atoms with van der Waals surface area (Å²) in [5.74, 6) is 1.28. The number of aromatic nitrogens is 1. The first-order chi connectivity index (χ1) is 17.8. The van der Waals surface area contributed by atoms with E-state index >= 15 is 0 Å². The van der Waals surface area contributed by atoms with Gasteiger partial charge in [-0.1, -0.05) is 45.4 Å². The summed E-state index contributed by atoms with van der Waals surface area (Å²) in [6.07, 6.45) is 2.88. The second kappa shape index (κ2) is 11.6. The number of ether oxygens (including phenoxy) is 4. The molecule has 0 aliphatic heterocycles. The lowest BCUT2D eigenvalue weighted by molar-refractivity contribution is -0.159. The Bertz CT molecular complexity index is 1270. The van der Waals surface area contributed by atoms with Gasteiger partial charge >= 0.3 is 11.9 Å². The Balaban J connectivity index is 1.54. The van der Waals surface area contributed by atoms with E-state index in [0.717, 1.165) is 24.8 Å². The maximum atomic E-state index is 13.2. The highest BCUT2D eigenvalue weighted by Crippen LogP contribution is 2.36. The van der Waals surface area contributed by atoms with Crippen molar-refractivity contribution in [1.82, 2.24) is 4.98 Å². The molecule has 0 bridgehead atoms. The van der Waals surface area contributed by atoms with Crippen LogP contribution in [0.2, 0.25) is 0 Å². The Morgan fingerprint density at radius 1 is 1.00 bits per heavy atom. The van der Waals surface area contributed by atoms with E-state index in [4.69, 9.17) is 23.9 Å². The van der Waals surface area contributed by atoms with Crippen LogP contribution >= 0.6 is 0 Å². The van der Waals surface area contributed by atoms with Gasteiger partial charge in [0, 0.05) is 10.9 Å². The van der Waals surface area contributed by atoms with Crippen molar-refractivity contribution in [3.8, 4) is 22.8 Å². The van der Waals surface area contributed by atoms with Gasteiger partial charge in [-0.25, -0.2) is 14.6 Å². The number of methoxy groups -OCH3 is 2. The fraction of sp³-hybridized carbons (Fsp3) is 0.433. The summed E-state index contributed by atoms with van der Waals surface area (Å²) in [7, 11) is 3.14. The van der Waals surface area contributed by atoms with Crippen LogP contribution in [0.4, 0.5) is 0 Å². The lowest BCUT2D eigenvalue weighted by atomic mass is 9.75. The van der Waals surface area contributed by atoms with Crippen LogP contribution in [-0.2, 0) is 14.3 Å². The smallest absolute Gasteiger partial charge is 0.344 e. The Hall–Kier alpha value is -3.61. The number of hydrogen-bond donors (Lipinski definition) is 0. The monoisotopic (exact) mass is 505 g/mol. The van der Waals surface area contributed by atoms with Crippen molar-refractivity contribution >= 4 is 22.8 Å². The number of pyridine rings is 1. The van der Waals surface area contributed by atoms with Crippen molar-refractivity contribution in [2.45, 2.75) is 46.1 Å². The summed E-state index contributed by atoms with van der Waals surface area (Å²) in [6, 6.07) is 14.5. The third-order valence-electron chi connectivity index (χ3n) is 7.18. The molecule has 3 atom stereocenters. The van der Waals surface area contributed by atoms with Gasteiger partial charge in [0.2, 0.25) is 0 Å². The summed E-state index contributed by atoms with van der Waals surface area (Å²) in [4.78, 5) is 30.6. The first kappa shape index (κ1) is 26.5. The molecule has 1 saturated carbocycles. The van der Waals surface area contributed by atoms with Gasteiger partial charge in [0.05, 0.1) is 31.0 Å². The molecule has 196 valence electrons. The third kappa shape index (κ3) is 6.04. The van der Waals surface area contributed by atoms with Crippen LogP contribution in [0.15, 0.2) is 48.5 Å². The number of carbonyl (C=O) groups is 2. The minimum absolute atomic E-state index is 0.145. The fourth-order valence-corrected chi connectivity index (χ4v) is 5.14. The van der Waals surface area contributed by atoms with Crippen LogP contribution < -0.4 is 9.47 Å². The normalized spacial score (nSPS) is 19.5. The quantitative estimate of drug-likeness (QED) is 0.343. The summed E-state index contributed by atoms with van der Waals surface area (Å²) in [6.45, 7) is 6.07. The number of benzene rings is 2. The van der Waals surface area contributed by atoms with E-state index in [1.807, 2.05) is 30.3 Å². The summed E-state index contributed by atoms with van der Waals surface area (Å²) in [5, 5.41) is 0.645. The zero-order valence-electron chi connectivity index (χ0n) is 22.2. The highest BCUT2D eigenvalue weighted by atomic mass is 16.6. The molecule has 0 N–H and O–H groups in total. The van der Waals surface area contributed by atoms with Crippen molar-refractivity contribution in [2.75, 3.05) is 20.8 Å². The molecule has 0 radical (unpaired) electrons. The molecule has 2 aromatic carbocycles. The second-order valence-electron chi connectivity index (χ2n) is 10.1. The summed E-state index contributed by atoms with van der Waals surface area (Å²) in [5.41, 5.74) is 2.29. The van der Waals surface area contributed by atoms with E-state index in [2.05, 4.69) is 20.8 Å². The lowest BCUT2D eigenvalue weighted by Gasteiger charge is -2.36. The summed E-state index contributed by atoms with van der Waals surface area (Å²) < 4.78 is 22.0. The van der Waals surface area contributed by atoms with Crippen LogP contribution in [0, 0.1) is 17.8 Å². The molecule has 1 aliphatic rings. The number of para-hydroxylation sites is 1. The minimum Gasteiger partial charge on any atom is -0.493 e. The molecule has 7 heteroatoms. The van der Waals surface area contributed by atoms with Gasteiger partial charge in [0.1, 0.15) is 6.10 Å². The standard InChI is InChI=1S/C30H35NO6/c1-18(2)21-12-10-19(3)14-27(21)37-29(32)17-36-30(33)23-16-25(31-24-9-7-6-8-22(23)24)20-11-13-26(34-4)28(15-20)35-5/h6-9,11,13,15-16,18-19,21,27H,10,12,14,17H2,1-5H3/t19-,21+,27-/m0/s1. The average molecular weight is 506 g/mol. The Kier molecular flexibility index (Phi) is 8.31. The first-order valence-electron chi connectivity index (χ1n) is 12.8. The van der Waals surface area contributed by atoms with Gasteiger partial charge in [-0.05, 0) is 60.9 Å². The van der Waals surface area contributed by atoms with Crippen LogP contribution in [0.25, 0.3) is 22.2 Å². The number of esters is 2. The van der Waals surface area contributed by atoms with Gasteiger partial charge < -0.3 is 18.9 Å². The Labute approximate surface area is 218 Å². The maximum absolute atomic E-state index is 13.2. The molecule has 1 aliphatic carbocycles. The molecule has 0 unspecified atom stereocenters. The molecule has 0 spiro atoms. The SMILES string of the molecule is COc1ccc(-c2cc(C(=O)OCC(=O)O[C@H]3C[C@@H](C)CC[C@@H]3C(C)C)c3ccccc3n2)cc1OC. The highest BCUT2D eigenvalue weighted by molar-refractivity contribution is 6.05. The molecule has 1 heterocycles. The van der Waals surface area contributed by atoms with Crippen LogP contribution in [0.3, 0.4) is 0 Å². The van der Waals surface area contributed by atoms with Gasteiger partial charge in [0.25, 0.3) is 0 Å². The Morgan fingerprint density at radius 3 is 2.49 bits per heavy atom. The molecule has 1 fully saturated rings. The van der Waals surface area contributed by atoms with Crippen LogP contribution in [0.5, 0.6) is 11.5 Å². The van der Waals surface area contributed by atoms with Gasteiger partial charge in [-0.2, -0.15) is 0 Å². The van der Waals surface area contributed by atoms with Gasteiger partial charge in [-0.3, -0.25) is 0 Å². The highest BCUT2D eigenvalue weighted by Gasteiger charge is 2.33. The number of carbonyl (C=O) groups excluding carboxylic acids is 2. The predicted octanol–water partition coefficient (Wildman–Crippen LogP) is 6.08. The maximum Gasteiger partial charge on any atom is 0.344 e. The van der Waals surface area contributed by atoms with E-state index in [1.54, 1.807) is 32.4 Å². The molecular weight excluding hydrogens is 470 g/mol. The van der Waals surface area contributed by atoms with Crippen molar-refractivity contribution < 1.29 is 28.5 Å². The number of fused-ring (bicyclic) bond motifs is 1. The lowest BCUT2D eigenvalue weighted by Crippen LogP contribution is -2.36. The largest absolute Gasteiger partial charge is 0.493 e. The van der Waals surface area contributed by atoms with Crippen LogP contribution in [0.1, 0.15) is 50.4 Å². The summed E-state index contributed by atoms with van der Waals surface area (Å²) >= 11 is 0. The predicted molar refractivity (Wildman–Crippen MR) is 142 cm³/mol. The van der Waals surface area contributed by atoms with Crippen molar-refractivity contribution in [3.05, 3.63) is 54.1 Å². The zero-order valence-corrected chi connectivity index (χ0v) is 22.2. The fourth-order valence-electron chi connectivity index (χ4n) is 5.14. The zero-order chi connectivity index (χ0) is 26.5. The molecule has 3 aromatic rings. The Morgan fingerprint density at radius 2 is 1.76 bits per heavy atom. The molecular formula is C30H35NO6. The topological polar surface area (TPSA) is 84.0 Å². The van der Waals surface area contributed by atoms with Gasteiger partial charge in [-0.15, -0.1) is 0 Å². The first-order valence-corrected chi connectivity index (χ1v) is 12.8. The molecule has 7 nitrogen and oxygen atoms in total. The average Bonchev–Trinajstić information content (AvgIpc) is 2.90. The van der Waals surface area contributed by atoms with E-state index < -0.39 is 18.5 Å². The minimum atomic E-state index is -0.602. The second-order valence-corrected chi connectivity index (χ2v) is 10.1. The molecule has 0 amide bonds. The van der Waals surface area contributed by atoms with E-state index in [-0.39, 0.29) is 6.10 Å². The van der Waals surface area contributed by atoms with Crippen molar-refractivity contribution in [2.24, 2.45) is 17.8 Å². The number of rotatable bonds is 8. The molecule has 1 aromatic heterocycles. The molecule has 4 rings (SSSR count).